The Morgan fingerprint density at radius 3 is 3.12 bits per heavy atom. The highest BCUT2D eigenvalue weighted by Gasteiger charge is 2.23. The first-order chi connectivity index (χ1) is 8.20. The van der Waals surface area contributed by atoms with E-state index in [1.165, 1.54) is 11.1 Å². The molecule has 1 aliphatic carbocycles. The summed E-state index contributed by atoms with van der Waals surface area (Å²) in [5, 5.41) is 3.11. The van der Waals surface area contributed by atoms with Crippen LogP contribution in [0.4, 0.5) is 5.69 Å². The van der Waals surface area contributed by atoms with Crippen LogP contribution in [0.3, 0.4) is 0 Å². The Labute approximate surface area is 102 Å². The fourth-order valence-corrected chi connectivity index (χ4v) is 2.39. The highest BCUT2D eigenvalue weighted by atomic mass is 16.1. The van der Waals surface area contributed by atoms with E-state index in [1.807, 2.05) is 18.2 Å². The zero-order valence-corrected chi connectivity index (χ0v) is 10.3. The number of benzene rings is 1. The first-order valence-corrected chi connectivity index (χ1v) is 6.38. The van der Waals surface area contributed by atoms with Crippen LogP contribution in [-0.2, 0) is 11.2 Å². The number of anilines is 1. The lowest BCUT2D eigenvalue weighted by Crippen LogP contribution is -2.26. The maximum Gasteiger partial charge on any atom is 0.220 e. The zero-order valence-electron chi connectivity index (χ0n) is 10.3. The summed E-state index contributed by atoms with van der Waals surface area (Å²) in [6.45, 7) is 2.10. The van der Waals surface area contributed by atoms with Crippen molar-refractivity contribution in [3.05, 3.63) is 29.3 Å². The topological polar surface area (TPSA) is 55.1 Å². The van der Waals surface area contributed by atoms with Crippen molar-refractivity contribution in [2.45, 2.75) is 45.1 Å². The van der Waals surface area contributed by atoms with Gasteiger partial charge in [-0.15, -0.1) is 0 Å². The maximum atomic E-state index is 11.7. The minimum absolute atomic E-state index is 0.168. The average Bonchev–Trinajstić information content (AvgIpc) is 2.69. The summed E-state index contributed by atoms with van der Waals surface area (Å²) in [5.74, 6) is 0.168. The van der Waals surface area contributed by atoms with Crippen molar-refractivity contribution in [1.82, 2.24) is 5.32 Å². The Morgan fingerprint density at radius 2 is 2.35 bits per heavy atom. The molecule has 2 rings (SSSR count). The Kier molecular flexibility index (Phi) is 3.67. The van der Waals surface area contributed by atoms with Crippen molar-refractivity contribution >= 4 is 11.6 Å². The van der Waals surface area contributed by atoms with Crippen LogP contribution in [0, 0.1) is 0 Å². The van der Waals surface area contributed by atoms with Crippen LogP contribution in [0.25, 0.3) is 0 Å². The zero-order chi connectivity index (χ0) is 12.3. The van der Waals surface area contributed by atoms with E-state index in [2.05, 4.69) is 12.2 Å². The summed E-state index contributed by atoms with van der Waals surface area (Å²) in [5.41, 5.74) is 9.09. The summed E-state index contributed by atoms with van der Waals surface area (Å²) < 4.78 is 0. The number of nitrogen functional groups attached to an aromatic ring is 1. The molecule has 0 saturated heterocycles. The van der Waals surface area contributed by atoms with Crippen molar-refractivity contribution in [3.8, 4) is 0 Å². The summed E-state index contributed by atoms with van der Waals surface area (Å²) in [6.07, 6.45) is 4.67. The van der Waals surface area contributed by atoms with Gasteiger partial charge in [-0.25, -0.2) is 0 Å². The largest absolute Gasteiger partial charge is 0.399 e. The second kappa shape index (κ2) is 5.21. The molecule has 0 spiro atoms. The number of rotatable bonds is 4. The molecule has 0 fully saturated rings. The Bertz CT molecular complexity index is 415. The Balaban J connectivity index is 2.00. The molecular formula is C14H20N2O. The fraction of sp³-hybridized carbons (Fsp3) is 0.500. The van der Waals surface area contributed by atoms with E-state index in [-0.39, 0.29) is 11.9 Å². The molecular weight excluding hydrogens is 212 g/mol. The number of fused-ring (bicyclic) bond motifs is 1. The molecule has 1 aliphatic rings. The normalized spacial score (nSPS) is 17.8. The highest BCUT2D eigenvalue weighted by molar-refractivity contribution is 5.76. The van der Waals surface area contributed by atoms with E-state index in [1.54, 1.807) is 0 Å². The number of nitrogens with one attached hydrogen (secondary N) is 1. The molecule has 0 aromatic heterocycles. The second-order valence-electron chi connectivity index (χ2n) is 4.72. The van der Waals surface area contributed by atoms with Gasteiger partial charge in [0, 0.05) is 12.1 Å². The third-order valence-electron chi connectivity index (χ3n) is 3.34. The van der Waals surface area contributed by atoms with E-state index < -0.39 is 0 Å². The van der Waals surface area contributed by atoms with E-state index in [9.17, 15) is 4.79 Å². The van der Waals surface area contributed by atoms with Gasteiger partial charge in [-0.2, -0.15) is 0 Å². The molecule has 1 aromatic carbocycles. The minimum Gasteiger partial charge on any atom is -0.399 e. The van der Waals surface area contributed by atoms with Crippen LogP contribution in [-0.4, -0.2) is 5.91 Å². The molecule has 3 N–H and O–H groups in total. The van der Waals surface area contributed by atoms with Crippen molar-refractivity contribution < 1.29 is 4.79 Å². The minimum atomic E-state index is 0.168. The number of amides is 1. The second-order valence-corrected chi connectivity index (χ2v) is 4.72. The number of aryl methyl sites for hydroxylation is 1. The molecule has 1 aromatic rings. The molecule has 0 saturated carbocycles. The Morgan fingerprint density at radius 1 is 1.53 bits per heavy atom. The average molecular weight is 232 g/mol. The molecule has 1 unspecified atom stereocenters. The predicted octanol–water partition coefficient (Wildman–Crippen LogP) is 2.56. The lowest BCUT2D eigenvalue weighted by atomic mass is 10.1. The van der Waals surface area contributed by atoms with E-state index in [4.69, 9.17) is 5.73 Å². The molecule has 3 heteroatoms. The van der Waals surface area contributed by atoms with Crippen LogP contribution in [0.1, 0.15) is 49.8 Å². The van der Waals surface area contributed by atoms with Gasteiger partial charge in [0.25, 0.3) is 0 Å². The van der Waals surface area contributed by atoms with Gasteiger partial charge in [-0.3, -0.25) is 4.79 Å². The molecule has 92 valence electrons. The predicted molar refractivity (Wildman–Crippen MR) is 69.6 cm³/mol. The quantitative estimate of drug-likeness (QED) is 0.784. The van der Waals surface area contributed by atoms with E-state index >= 15 is 0 Å². The number of carbonyl (C=O) groups excluding carboxylic acids is 1. The summed E-state index contributed by atoms with van der Waals surface area (Å²) in [7, 11) is 0. The summed E-state index contributed by atoms with van der Waals surface area (Å²) in [4.78, 5) is 11.7. The van der Waals surface area contributed by atoms with Crippen LogP contribution >= 0.6 is 0 Å². The molecule has 17 heavy (non-hydrogen) atoms. The van der Waals surface area contributed by atoms with Crippen LogP contribution < -0.4 is 11.1 Å². The maximum absolute atomic E-state index is 11.7. The number of hydrogen-bond donors (Lipinski definition) is 2. The number of unbranched alkanes of at least 4 members (excludes halogenated alkanes) is 1. The van der Waals surface area contributed by atoms with Gasteiger partial charge in [-0.1, -0.05) is 19.4 Å². The molecule has 1 amide bonds. The van der Waals surface area contributed by atoms with Gasteiger partial charge >= 0.3 is 0 Å². The third kappa shape index (κ3) is 2.78. The van der Waals surface area contributed by atoms with E-state index in [0.717, 1.165) is 31.4 Å². The molecule has 3 nitrogen and oxygen atoms in total. The molecule has 0 radical (unpaired) electrons. The lowest BCUT2D eigenvalue weighted by molar-refractivity contribution is -0.121. The Hall–Kier alpha value is -1.51. The van der Waals surface area contributed by atoms with Gasteiger partial charge in [0.15, 0.2) is 0 Å². The van der Waals surface area contributed by atoms with Crippen LogP contribution in [0.5, 0.6) is 0 Å². The SMILES string of the molecule is CCCCC(=O)NC1CCc2cc(N)ccc21. The van der Waals surface area contributed by atoms with E-state index in [0.29, 0.717) is 6.42 Å². The molecule has 0 heterocycles. The summed E-state index contributed by atoms with van der Waals surface area (Å²) in [6, 6.07) is 6.17. The van der Waals surface area contributed by atoms with Crippen LogP contribution in [0.2, 0.25) is 0 Å². The van der Waals surface area contributed by atoms with Crippen LogP contribution in [0.15, 0.2) is 18.2 Å². The summed E-state index contributed by atoms with van der Waals surface area (Å²) >= 11 is 0. The smallest absolute Gasteiger partial charge is 0.220 e. The monoisotopic (exact) mass is 232 g/mol. The highest BCUT2D eigenvalue weighted by Crippen LogP contribution is 2.32. The molecule has 0 bridgehead atoms. The van der Waals surface area contributed by atoms with Gasteiger partial charge in [-0.05, 0) is 42.5 Å². The first-order valence-electron chi connectivity index (χ1n) is 6.38. The number of hydrogen-bond acceptors (Lipinski definition) is 2. The van der Waals surface area contributed by atoms with Crippen molar-refractivity contribution in [2.75, 3.05) is 5.73 Å². The fourth-order valence-electron chi connectivity index (χ4n) is 2.39. The van der Waals surface area contributed by atoms with Gasteiger partial charge < -0.3 is 11.1 Å². The number of carbonyl (C=O) groups is 1. The van der Waals surface area contributed by atoms with Gasteiger partial charge in [0.2, 0.25) is 5.91 Å². The van der Waals surface area contributed by atoms with Crippen molar-refractivity contribution in [3.63, 3.8) is 0 Å². The van der Waals surface area contributed by atoms with Crippen molar-refractivity contribution in [1.29, 1.82) is 0 Å². The van der Waals surface area contributed by atoms with Gasteiger partial charge in [0.1, 0.15) is 0 Å². The van der Waals surface area contributed by atoms with Gasteiger partial charge in [0.05, 0.1) is 6.04 Å². The molecule has 0 aliphatic heterocycles. The standard InChI is InChI=1S/C14H20N2O/c1-2-3-4-14(17)16-13-8-5-10-9-11(15)6-7-12(10)13/h6-7,9,13H,2-5,8,15H2,1H3,(H,16,17). The first kappa shape index (κ1) is 12.0. The lowest BCUT2D eigenvalue weighted by Gasteiger charge is -2.14. The van der Waals surface area contributed by atoms with Crippen molar-refractivity contribution in [2.24, 2.45) is 0 Å². The number of nitrogens with two attached hydrogens (primary N) is 1. The third-order valence-corrected chi connectivity index (χ3v) is 3.34. The molecule has 1 atom stereocenters.